The van der Waals surface area contributed by atoms with E-state index >= 15 is 0 Å². The van der Waals surface area contributed by atoms with Crippen molar-refractivity contribution >= 4 is 29.0 Å². The lowest BCUT2D eigenvalue weighted by Crippen LogP contribution is -2.07. The van der Waals surface area contributed by atoms with Crippen LogP contribution in [0.1, 0.15) is 11.1 Å². The van der Waals surface area contributed by atoms with Gasteiger partial charge in [0.15, 0.2) is 0 Å². The number of rotatable bonds is 5. The number of azo groups is 1. The Labute approximate surface area is 152 Å². The van der Waals surface area contributed by atoms with Crippen LogP contribution in [0, 0.1) is 6.92 Å². The minimum atomic E-state index is -0.177. The Kier molecular flexibility index (Phi) is 5.68. The average Bonchev–Trinajstić information content (AvgIpc) is 2.68. The third-order valence-corrected chi connectivity index (χ3v) is 3.68. The lowest BCUT2D eigenvalue weighted by Gasteiger charge is -2.02. The number of amides is 1. The predicted octanol–water partition coefficient (Wildman–Crippen LogP) is 6.06. The maximum atomic E-state index is 12.0. The van der Waals surface area contributed by atoms with E-state index in [0.717, 1.165) is 16.9 Å². The molecule has 0 atom stereocenters. The predicted molar refractivity (Wildman–Crippen MR) is 106 cm³/mol. The van der Waals surface area contributed by atoms with Crippen LogP contribution in [0.4, 0.5) is 17.1 Å². The largest absolute Gasteiger partial charge is 0.323 e. The molecule has 0 radical (unpaired) electrons. The van der Waals surface area contributed by atoms with Crippen molar-refractivity contribution in [3.05, 3.63) is 96.1 Å². The molecule has 3 rings (SSSR count). The van der Waals surface area contributed by atoms with Crippen LogP contribution in [0.2, 0.25) is 0 Å². The van der Waals surface area contributed by atoms with Crippen LogP contribution in [0.15, 0.2) is 95.2 Å². The molecule has 0 saturated heterocycles. The molecule has 26 heavy (non-hydrogen) atoms. The number of aryl methyl sites for hydroxylation is 1. The van der Waals surface area contributed by atoms with Gasteiger partial charge in [0.25, 0.3) is 0 Å². The highest BCUT2D eigenvalue weighted by atomic mass is 16.1. The van der Waals surface area contributed by atoms with E-state index in [1.807, 2.05) is 73.7 Å². The smallest absolute Gasteiger partial charge is 0.248 e. The van der Waals surface area contributed by atoms with Crippen LogP contribution in [0.5, 0.6) is 0 Å². The summed E-state index contributed by atoms with van der Waals surface area (Å²) in [6, 6.07) is 24.7. The Hall–Kier alpha value is -3.53. The first-order valence-electron chi connectivity index (χ1n) is 8.32. The molecule has 0 heterocycles. The van der Waals surface area contributed by atoms with Crippen molar-refractivity contribution in [1.29, 1.82) is 0 Å². The number of hydrogen-bond acceptors (Lipinski definition) is 3. The monoisotopic (exact) mass is 341 g/mol. The fourth-order valence-electron chi connectivity index (χ4n) is 2.25. The van der Waals surface area contributed by atoms with Gasteiger partial charge in [-0.1, -0.05) is 48.0 Å². The van der Waals surface area contributed by atoms with Crippen LogP contribution in [-0.4, -0.2) is 5.91 Å². The van der Waals surface area contributed by atoms with Crippen molar-refractivity contribution in [3.8, 4) is 0 Å². The summed E-state index contributed by atoms with van der Waals surface area (Å²) in [5, 5.41) is 11.2. The standard InChI is InChI=1S/C22H19N3O/c1-17-7-9-18(10-8-17)11-16-22(26)23-19-12-14-21(15-13-19)25-24-20-5-3-2-4-6-20/h2-16H,1H3,(H,23,26)/b16-11+,25-24?. The number of anilines is 1. The van der Waals surface area contributed by atoms with E-state index in [1.165, 1.54) is 11.6 Å². The van der Waals surface area contributed by atoms with E-state index in [2.05, 4.69) is 15.5 Å². The molecule has 1 amide bonds. The zero-order chi connectivity index (χ0) is 18.2. The third kappa shape index (κ3) is 5.24. The fraction of sp³-hybridized carbons (Fsp3) is 0.0455. The Bertz CT molecular complexity index is 912. The van der Waals surface area contributed by atoms with E-state index in [1.54, 1.807) is 18.2 Å². The Morgan fingerprint density at radius 3 is 2.08 bits per heavy atom. The van der Waals surface area contributed by atoms with E-state index in [-0.39, 0.29) is 5.91 Å². The zero-order valence-electron chi connectivity index (χ0n) is 14.5. The summed E-state index contributed by atoms with van der Waals surface area (Å²) in [5.74, 6) is -0.177. The summed E-state index contributed by atoms with van der Waals surface area (Å²) in [6.45, 7) is 2.03. The van der Waals surface area contributed by atoms with Gasteiger partial charge in [-0.05, 0) is 55.0 Å². The van der Waals surface area contributed by atoms with Crippen molar-refractivity contribution in [2.75, 3.05) is 5.32 Å². The minimum Gasteiger partial charge on any atom is -0.323 e. The van der Waals surface area contributed by atoms with Crippen LogP contribution in [-0.2, 0) is 4.79 Å². The molecule has 0 aromatic heterocycles. The van der Waals surface area contributed by atoms with Gasteiger partial charge in [-0.15, -0.1) is 0 Å². The molecular formula is C22H19N3O. The number of benzene rings is 3. The Morgan fingerprint density at radius 1 is 0.808 bits per heavy atom. The molecule has 128 valence electrons. The van der Waals surface area contributed by atoms with E-state index in [4.69, 9.17) is 0 Å². The van der Waals surface area contributed by atoms with Gasteiger partial charge in [0, 0.05) is 11.8 Å². The second kappa shape index (κ2) is 8.53. The summed E-state index contributed by atoms with van der Waals surface area (Å²) in [4.78, 5) is 12.0. The van der Waals surface area contributed by atoms with Gasteiger partial charge in [0.1, 0.15) is 0 Å². The van der Waals surface area contributed by atoms with E-state index in [0.29, 0.717) is 5.69 Å². The average molecular weight is 341 g/mol. The molecule has 0 fully saturated rings. The molecule has 3 aromatic rings. The van der Waals surface area contributed by atoms with Crippen LogP contribution in [0.3, 0.4) is 0 Å². The topological polar surface area (TPSA) is 53.8 Å². The summed E-state index contributed by atoms with van der Waals surface area (Å²) < 4.78 is 0. The summed E-state index contributed by atoms with van der Waals surface area (Å²) in [7, 11) is 0. The second-order valence-electron chi connectivity index (χ2n) is 5.82. The Morgan fingerprint density at radius 2 is 1.42 bits per heavy atom. The summed E-state index contributed by atoms with van der Waals surface area (Å²) >= 11 is 0. The molecular weight excluding hydrogens is 322 g/mol. The van der Waals surface area contributed by atoms with Crippen LogP contribution in [0.25, 0.3) is 6.08 Å². The minimum absolute atomic E-state index is 0.177. The number of nitrogens with zero attached hydrogens (tertiary/aromatic N) is 2. The quantitative estimate of drug-likeness (QED) is 0.445. The van der Waals surface area contributed by atoms with Crippen molar-refractivity contribution in [1.82, 2.24) is 0 Å². The normalized spacial score (nSPS) is 11.1. The number of carbonyl (C=O) groups is 1. The molecule has 0 spiro atoms. The number of nitrogens with one attached hydrogen (secondary N) is 1. The van der Waals surface area contributed by atoms with Gasteiger partial charge >= 0.3 is 0 Å². The van der Waals surface area contributed by atoms with E-state index < -0.39 is 0 Å². The van der Waals surface area contributed by atoms with Crippen LogP contribution < -0.4 is 5.32 Å². The molecule has 3 aromatic carbocycles. The van der Waals surface area contributed by atoms with Crippen molar-refractivity contribution < 1.29 is 4.79 Å². The first-order chi connectivity index (χ1) is 12.7. The molecule has 0 bridgehead atoms. The molecule has 0 unspecified atom stereocenters. The molecule has 0 aliphatic heterocycles. The van der Waals surface area contributed by atoms with Gasteiger partial charge in [0.05, 0.1) is 11.4 Å². The summed E-state index contributed by atoms with van der Waals surface area (Å²) in [6.07, 6.45) is 3.31. The molecule has 1 N–H and O–H groups in total. The van der Waals surface area contributed by atoms with Gasteiger partial charge in [0.2, 0.25) is 5.91 Å². The third-order valence-electron chi connectivity index (χ3n) is 3.68. The fourth-order valence-corrected chi connectivity index (χ4v) is 2.25. The maximum absolute atomic E-state index is 12.0. The van der Waals surface area contributed by atoms with Crippen molar-refractivity contribution in [2.45, 2.75) is 6.92 Å². The summed E-state index contributed by atoms with van der Waals surface area (Å²) in [5.41, 5.74) is 4.41. The van der Waals surface area contributed by atoms with Gasteiger partial charge < -0.3 is 5.32 Å². The van der Waals surface area contributed by atoms with Gasteiger partial charge in [-0.3, -0.25) is 4.79 Å². The van der Waals surface area contributed by atoms with E-state index in [9.17, 15) is 4.79 Å². The zero-order valence-corrected chi connectivity index (χ0v) is 14.5. The molecule has 0 aliphatic rings. The molecule has 4 nitrogen and oxygen atoms in total. The lowest BCUT2D eigenvalue weighted by atomic mass is 10.1. The SMILES string of the molecule is Cc1ccc(/C=C/C(=O)Nc2ccc(N=Nc3ccccc3)cc2)cc1. The van der Waals surface area contributed by atoms with Gasteiger partial charge in [-0.2, -0.15) is 10.2 Å². The molecule has 0 saturated carbocycles. The van der Waals surface area contributed by atoms with Crippen molar-refractivity contribution in [2.24, 2.45) is 10.2 Å². The first kappa shape index (κ1) is 17.3. The number of hydrogen-bond donors (Lipinski definition) is 1. The Balaban J connectivity index is 1.57. The van der Waals surface area contributed by atoms with Crippen LogP contribution >= 0.6 is 0 Å². The number of carbonyl (C=O) groups excluding carboxylic acids is 1. The molecule has 4 heteroatoms. The van der Waals surface area contributed by atoms with Gasteiger partial charge in [-0.25, -0.2) is 0 Å². The highest BCUT2D eigenvalue weighted by Gasteiger charge is 1.98. The molecule has 0 aliphatic carbocycles. The maximum Gasteiger partial charge on any atom is 0.248 e. The lowest BCUT2D eigenvalue weighted by molar-refractivity contribution is -0.111. The highest BCUT2D eigenvalue weighted by molar-refractivity contribution is 6.01. The van der Waals surface area contributed by atoms with Crippen molar-refractivity contribution in [3.63, 3.8) is 0 Å². The first-order valence-corrected chi connectivity index (χ1v) is 8.32. The highest BCUT2D eigenvalue weighted by Crippen LogP contribution is 2.20. The second-order valence-corrected chi connectivity index (χ2v) is 5.82.